The molecule has 0 N–H and O–H groups in total. The first-order valence-corrected chi connectivity index (χ1v) is 7.08. The largest absolute Gasteiger partial charge is 0.745 e. The van der Waals surface area contributed by atoms with Crippen LogP contribution in [-0.4, -0.2) is 54.5 Å². The Labute approximate surface area is 146 Å². The minimum absolute atomic E-state index is 8.36. The van der Waals surface area contributed by atoms with Crippen LogP contribution in [-0.2, 0) is 10.1 Å². The maximum absolute atomic E-state index is 13.7. The molecule has 1 atom stereocenters. The zero-order valence-electron chi connectivity index (χ0n) is 12.1. The van der Waals surface area contributed by atoms with Crippen molar-refractivity contribution in [1.82, 2.24) is 0 Å². The van der Waals surface area contributed by atoms with Crippen LogP contribution in [0.15, 0.2) is 0 Å². The molecule has 0 saturated heterocycles. The predicted molar refractivity (Wildman–Crippen MR) is 50.1 cm³/mol. The monoisotopic (exact) mass is 499 g/mol. The van der Waals surface area contributed by atoms with Gasteiger partial charge in [-0.25, -0.2) is 12.8 Å². The lowest BCUT2D eigenvalue weighted by Gasteiger charge is -2.50. The molecule has 29 heavy (non-hydrogen) atoms. The summed E-state index contributed by atoms with van der Waals surface area (Å²) < 4.78 is 248. The molecule has 0 aromatic carbocycles. The number of hydrogen-bond acceptors (Lipinski definition) is 3. The van der Waals surface area contributed by atoms with Gasteiger partial charge in [-0.3, -0.25) is 0 Å². The van der Waals surface area contributed by atoms with Gasteiger partial charge in [-0.2, -0.15) is 70.2 Å². The van der Waals surface area contributed by atoms with Crippen LogP contribution in [0, 0.1) is 5.41 Å². The summed E-state index contributed by atoms with van der Waals surface area (Å²) in [6.45, 7) is 0. The second-order valence-corrected chi connectivity index (χ2v) is 6.41. The highest BCUT2D eigenvalue weighted by atomic mass is 32.2. The van der Waals surface area contributed by atoms with E-state index in [9.17, 15) is 87.6 Å². The molecule has 0 aliphatic rings. The fourth-order valence-corrected chi connectivity index (χ4v) is 2.75. The Balaban J connectivity index is 8.14. The molecule has 0 radical (unpaired) electrons. The minimum atomic E-state index is -9.42. The van der Waals surface area contributed by atoms with E-state index in [1.54, 1.807) is 0 Å². The summed E-state index contributed by atoms with van der Waals surface area (Å²) in [5, 5.41) is -8.74. The minimum Gasteiger partial charge on any atom is -0.745 e. The van der Waals surface area contributed by atoms with Crippen molar-refractivity contribution in [2.24, 2.45) is 5.41 Å². The van der Waals surface area contributed by atoms with Gasteiger partial charge in [0.2, 0.25) is 0 Å². The third-order valence-corrected chi connectivity index (χ3v) is 4.44. The number of halogens is 17. The quantitative estimate of drug-likeness (QED) is 0.417. The summed E-state index contributed by atoms with van der Waals surface area (Å²) in [7, 11) is -8.88. The van der Waals surface area contributed by atoms with Crippen LogP contribution in [0.4, 0.5) is 74.6 Å². The Morgan fingerprint density at radius 1 is 0.448 bits per heavy atom. The smallest absolute Gasteiger partial charge is 0.454 e. The lowest BCUT2D eigenvalue weighted by molar-refractivity contribution is -0.504. The highest BCUT2D eigenvalue weighted by molar-refractivity contribution is 7.87. The van der Waals surface area contributed by atoms with E-state index in [1.807, 2.05) is 0 Å². The lowest BCUT2D eigenvalue weighted by atomic mass is 9.70. The molecule has 0 spiro atoms. The van der Waals surface area contributed by atoms with Gasteiger partial charge in [-0.05, 0) is 0 Å². The maximum atomic E-state index is 13.7. The molecular formula is C8F17O3S-. The molecule has 0 fully saturated rings. The van der Waals surface area contributed by atoms with E-state index in [2.05, 4.69) is 0 Å². The van der Waals surface area contributed by atoms with Crippen molar-refractivity contribution in [3.63, 3.8) is 0 Å². The van der Waals surface area contributed by atoms with Crippen LogP contribution in [0.2, 0.25) is 0 Å². The molecule has 0 aliphatic carbocycles. The summed E-state index contributed by atoms with van der Waals surface area (Å²) >= 11 is 0. The molecule has 0 bridgehead atoms. The zero-order valence-corrected chi connectivity index (χ0v) is 12.9. The second-order valence-electron chi connectivity index (χ2n) is 4.94. The topological polar surface area (TPSA) is 57.2 Å². The second kappa shape index (κ2) is 6.36. The Hall–Kier alpha value is -1.28. The number of rotatable bonds is 4. The first kappa shape index (κ1) is 27.7. The van der Waals surface area contributed by atoms with E-state index in [-0.39, 0.29) is 0 Å². The molecule has 0 aliphatic heterocycles. The van der Waals surface area contributed by atoms with Crippen LogP contribution in [0.3, 0.4) is 0 Å². The SMILES string of the molecule is O=S(=O)([O-])C(F)(C(F)(F)F)C(F)(F)C(C(F)(F)F)(C(F)(F)F)C(F)(F)C(F)(F)F. The normalized spacial score (nSPS) is 18.6. The third kappa shape index (κ3) is 3.26. The van der Waals surface area contributed by atoms with Crippen molar-refractivity contribution in [2.45, 2.75) is 41.6 Å². The van der Waals surface area contributed by atoms with Crippen LogP contribution >= 0.6 is 0 Å². The van der Waals surface area contributed by atoms with Crippen LogP contribution in [0.5, 0.6) is 0 Å². The van der Waals surface area contributed by atoms with Crippen molar-refractivity contribution in [3.05, 3.63) is 0 Å². The fourth-order valence-electron chi connectivity index (χ4n) is 2.00. The first-order chi connectivity index (χ1) is 12.0. The Kier molecular flexibility index (Phi) is 6.08. The Morgan fingerprint density at radius 3 is 0.862 bits per heavy atom. The van der Waals surface area contributed by atoms with Gasteiger partial charge in [0.15, 0.2) is 0 Å². The van der Waals surface area contributed by atoms with Crippen molar-refractivity contribution in [2.75, 3.05) is 0 Å². The van der Waals surface area contributed by atoms with Gasteiger partial charge >= 0.3 is 41.6 Å². The van der Waals surface area contributed by atoms with Gasteiger partial charge in [0.25, 0.3) is 5.41 Å². The molecule has 0 aromatic heterocycles. The van der Waals surface area contributed by atoms with E-state index < -0.39 is 57.1 Å². The van der Waals surface area contributed by atoms with E-state index in [0.717, 1.165) is 0 Å². The third-order valence-electron chi connectivity index (χ3n) is 3.26. The molecule has 0 heterocycles. The van der Waals surface area contributed by atoms with Gasteiger partial charge in [-0.1, -0.05) is 0 Å². The van der Waals surface area contributed by atoms with E-state index in [0.29, 0.717) is 0 Å². The molecule has 21 heteroatoms. The standard InChI is InChI=1S/C8HF17O3S/c9-2(10,4(13,8(23,24)25)29(26,27)28)1(5(14,15)16,6(17,18)19)3(11,12)7(20,21)22/h(H,26,27,28)/p-1. The van der Waals surface area contributed by atoms with E-state index in [4.69, 9.17) is 0 Å². The molecule has 0 amide bonds. The number of alkyl halides is 17. The summed E-state index contributed by atoms with van der Waals surface area (Å²) in [4.78, 5) is 0. The average molecular weight is 499 g/mol. The van der Waals surface area contributed by atoms with Crippen molar-refractivity contribution >= 4 is 10.1 Å². The Morgan fingerprint density at radius 2 is 0.724 bits per heavy atom. The molecule has 176 valence electrons. The molecule has 0 aromatic rings. The van der Waals surface area contributed by atoms with Crippen molar-refractivity contribution < 1.29 is 87.6 Å². The molecule has 0 saturated carbocycles. The van der Waals surface area contributed by atoms with Gasteiger partial charge in [-0.15, -0.1) is 0 Å². The maximum Gasteiger partial charge on any atom is 0.454 e. The predicted octanol–water partition coefficient (Wildman–Crippen LogP) is 4.70. The fraction of sp³-hybridized carbons (Fsp3) is 1.00. The van der Waals surface area contributed by atoms with Crippen molar-refractivity contribution in [3.8, 4) is 0 Å². The first-order valence-electron chi connectivity index (χ1n) is 5.67. The van der Waals surface area contributed by atoms with Crippen LogP contribution in [0.1, 0.15) is 0 Å². The molecule has 3 nitrogen and oxygen atoms in total. The van der Waals surface area contributed by atoms with Crippen LogP contribution < -0.4 is 0 Å². The summed E-state index contributed by atoms with van der Waals surface area (Å²) in [6, 6.07) is 0. The molecule has 0 rings (SSSR count). The van der Waals surface area contributed by atoms with Gasteiger partial charge in [0.1, 0.15) is 10.1 Å². The summed E-state index contributed by atoms with van der Waals surface area (Å²) in [5.41, 5.74) is -9.42. The van der Waals surface area contributed by atoms with Crippen molar-refractivity contribution in [1.29, 1.82) is 0 Å². The highest BCUT2D eigenvalue weighted by Crippen LogP contribution is 2.73. The van der Waals surface area contributed by atoms with Gasteiger partial charge in [0, 0.05) is 0 Å². The highest BCUT2D eigenvalue weighted by Gasteiger charge is 3.02. The summed E-state index contributed by atoms with van der Waals surface area (Å²) in [5.74, 6) is -18.4. The van der Waals surface area contributed by atoms with Gasteiger partial charge in [0.05, 0.1) is 0 Å². The lowest BCUT2D eigenvalue weighted by Crippen LogP contribution is -2.80. The van der Waals surface area contributed by atoms with E-state index >= 15 is 0 Å². The summed E-state index contributed by atoms with van der Waals surface area (Å²) in [6.07, 6.45) is -34.5. The average Bonchev–Trinajstić information content (AvgIpc) is 2.28. The molecule has 1 unspecified atom stereocenters. The zero-order chi connectivity index (χ0) is 24.5. The number of hydrogen-bond donors (Lipinski definition) is 0. The Bertz CT molecular complexity index is 708. The van der Waals surface area contributed by atoms with Gasteiger partial charge < -0.3 is 4.55 Å². The van der Waals surface area contributed by atoms with Crippen LogP contribution in [0.25, 0.3) is 0 Å². The van der Waals surface area contributed by atoms with E-state index in [1.165, 1.54) is 0 Å². The molecular weight excluding hydrogens is 499 g/mol.